The molecule has 11 aliphatic rings. The molecule has 8 unspecified atom stereocenters. The highest BCUT2D eigenvalue weighted by atomic mass is 16.6. The van der Waals surface area contributed by atoms with Crippen LogP contribution in [0.2, 0.25) is 0 Å². The Kier molecular flexibility index (Phi) is 25.4. The van der Waals surface area contributed by atoms with Crippen molar-refractivity contribution in [2.45, 2.75) is 261 Å². The summed E-state index contributed by atoms with van der Waals surface area (Å²) >= 11 is 0. The van der Waals surface area contributed by atoms with Gasteiger partial charge in [0, 0.05) is 18.3 Å². The van der Waals surface area contributed by atoms with Crippen LogP contribution in [0.25, 0.3) is 0 Å². The number of esters is 5. The zero-order valence-corrected chi connectivity index (χ0v) is 38.6. The Hall–Kier alpha value is -2.69. The van der Waals surface area contributed by atoms with E-state index in [4.69, 9.17) is 23.7 Å². The molecule has 11 heteroatoms. The van der Waals surface area contributed by atoms with Crippen LogP contribution in [-0.2, 0) is 47.7 Å². The highest BCUT2D eigenvalue weighted by Crippen LogP contribution is 2.62. The van der Waals surface area contributed by atoms with E-state index in [0.29, 0.717) is 42.9 Å². The van der Waals surface area contributed by atoms with Gasteiger partial charge in [-0.3, -0.25) is 24.0 Å². The number of carbonyl (C=O) groups is 5. The van der Waals surface area contributed by atoms with Crippen molar-refractivity contribution in [3.05, 3.63) is 0 Å². The van der Waals surface area contributed by atoms with E-state index < -0.39 is 46.4 Å². The maximum Gasteiger partial charge on any atom is 0.312 e. The van der Waals surface area contributed by atoms with E-state index in [1.807, 2.05) is 55.4 Å². The molecule has 0 aromatic carbocycles. The summed E-state index contributed by atoms with van der Waals surface area (Å²) < 4.78 is 28.0. The van der Waals surface area contributed by atoms with Gasteiger partial charge in [-0.1, -0.05) is 87.6 Å². The number of hydrogen-bond acceptors (Lipinski definition) is 11. The largest absolute Gasteiger partial charge is 0.469 e. The normalized spacial score (nSPS) is 36.8. The summed E-state index contributed by atoms with van der Waals surface area (Å²) in [6.07, 6.45) is 14.3. The van der Waals surface area contributed by atoms with Crippen LogP contribution < -0.4 is 0 Å². The van der Waals surface area contributed by atoms with Gasteiger partial charge in [0.05, 0.1) is 40.8 Å². The molecule has 10 aliphatic carbocycles. The van der Waals surface area contributed by atoms with Crippen molar-refractivity contribution in [3.8, 4) is 0 Å². The molecule has 69 heavy (non-hydrogen) atoms. The summed E-state index contributed by atoms with van der Waals surface area (Å²) in [5.74, 6) is 1.86. The average Bonchev–Trinajstić information content (AvgIpc) is 3.80. The zero-order valence-electron chi connectivity index (χ0n) is 38.6. The van der Waals surface area contributed by atoms with Crippen molar-refractivity contribution in [1.29, 1.82) is 0 Å². The number of fused-ring (bicyclic) bond motifs is 1. The van der Waals surface area contributed by atoms with Crippen molar-refractivity contribution in [3.63, 3.8) is 0 Å². The summed E-state index contributed by atoms with van der Waals surface area (Å²) in [5.41, 5.74) is -2.42. The van der Waals surface area contributed by atoms with Crippen molar-refractivity contribution < 1.29 is 52.8 Å². The van der Waals surface area contributed by atoms with Crippen molar-refractivity contribution in [2.24, 2.45) is 75.4 Å². The molecule has 0 aromatic heterocycles. The molecule has 0 spiro atoms. The molecule has 11 nitrogen and oxygen atoms in total. The van der Waals surface area contributed by atoms with Crippen molar-refractivity contribution >= 4 is 29.8 Å². The van der Waals surface area contributed by atoms with Gasteiger partial charge in [0.15, 0.2) is 0 Å². The molecule has 410 valence electrons. The summed E-state index contributed by atoms with van der Waals surface area (Å²) in [6.45, 7) is 19.8. The molecule has 11 rings (SSSR count). The summed E-state index contributed by atoms with van der Waals surface area (Å²) in [5, 5.41) is 10.6. The summed E-state index contributed by atoms with van der Waals surface area (Å²) in [6, 6.07) is 0. The number of carbonyl (C=O) groups excluding carboxylic acids is 5. The molecule has 10 saturated carbocycles. The Morgan fingerprint density at radius 1 is 0.609 bits per heavy atom. The number of hydrogen-bond donors (Lipinski definition) is 1. The SMILES string of the molecule is C.C.C.C.C.C.C.C.C.CCC(C)(C)C(=O)OC1(C)C2CC3CC(C2)CC1C3.CCC(C)(C)C(=O)OC12CC3CC(CC(O)(C3)C1)C2.CCC(C)(C)C(=O)OC1C2CC3C1OC(=O)C3C2C(=O)OC. The quantitative estimate of drug-likeness (QED) is 0.164. The second kappa shape index (κ2) is 24.8. The fourth-order valence-corrected chi connectivity index (χ4v) is 13.5. The number of rotatable bonds is 10. The molecule has 8 atom stereocenters. The van der Waals surface area contributed by atoms with E-state index in [1.54, 1.807) is 0 Å². The fraction of sp³-hybridized carbons (Fsp3) is 0.914. The lowest BCUT2D eigenvalue weighted by molar-refractivity contribution is -0.225. The van der Waals surface area contributed by atoms with E-state index in [0.717, 1.165) is 50.4 Å². The number of methoxy groups -OCH3 is 1. The van der Waals surface area contributed by atoms with Crippen LogP contribution in [0.4, 0.5) is 0 Å². The Balaban J connectivity index is -0.000000891. The Morgan fingerprint density at radius 2 is 1.03 bits per heavy atom. The van der Waals surface area contributed by atoms with Gasteiger partial charge in [-0.15, -0.1) is 0 Å². The standard InChI is InChI=1S/C17H28O2.C16H22O6.C16H26O3.9CH4/c1-5-16(2,3)15(18)19-17(4)13-7-11-6-12(9-13)10-14(17)8-11;1-5-16(2,3)15(19)22-12-7-6-8-10(9(7)13(17)20-4)14(18)21-11(8)12;1-4-14(2,3)13(17)19-16-8-11-5-12(9-16)7-15(18,6-11)10-16;;;;;;;;;/h11-14H,5-10H2,1-4H3;7-12H,5-6H2,1-4H3;11-12,18H,4-10H2,1-3H3;9*1H4. The van der Waals surface area contributed by atoms with Gasteiger partial charge in [-0.2, -0.15) is 0 Å². The molecular weight excluding hydrogens is 873 g/mol. The third-order valence-electron chi connectivity index (χ3n) is 17.9. The molecule has 0 aromatic rings. The van der Waals surface area contributed by atoms with E-state index >= 15 is 0 Å². The van der Waals surface area contributed by atoms with Crippen molar-refractivity contribution in [1.82, 2.24) is 0 Å². The number of ether oxygens (including phenoxy) is 5. The minimum absolute atomic E-state index is 0. The fourth-order valence-electron chi connectivity index (χ4n) is 13.5. The first-order chi connectivity index (χ1) is 27.9. The first-order valence-corrected chi connectivity index (χ1v) is 23.6. The van der Waals surface area contributed by atoms with Crippen LogP contribution in [0.3, 0.4) is 0 Å². The molecule has 1 heterocycles. The van der Waals surface area contributed by atoms with Gasteiger partial charge in [-0.25, -0.2) is 0 Å². The molecule has 0 amide bonds. The van der Waals surface area contributed by atoms with Crippen LogP contribution in [0.15, 0.2) is 0 Å². The molecule has 10 bridgehead atoms. The van der Waals surface area contributed by atoms with Gasteiger partial charge >= 0.3 is 29.8 Å². The van der Waals surface area contributed by atoms with Crippen LogP contribution >= 0.6 is 0 Å². The van der Waals surface area contributed by atoms with Crippen LogP contribution in [-0.4, -0.2) is 71.1 Å². The minimum atomic E-state index is -0.593. The van der Waals surface area contributed by atoms with E-state index in [1.165, 1.54) is 45.6 Å². The van der Waals surface area contributed by atoms with E-state index in [-0.39, 0.29) is 119 Å². The topological polar surface area (TPSA) is 152 Å². The lowest BCUT2D eigenvalue weighted by atomic mass is 9.50. The Morgan fingerprint density at radius 3 is 1.45 bits per heavy atom. The Labute approximate surface area is 425 Å². The van der Waals surface area contributed by atoms with Crippen molar-refractivity contribution in [2.75, 3.05) is 7.11 Å². The predicted molar refractivity (Wildman–Crippen MR) is 283 cm³/mol. The zero-order chi connectivity index (χ0) is 44.0. The van der Waals surface area contributed by atoms with Crippen LogP contribution in [0, 0.1) is 75.4 Å². The highest BCUT2D eigenvalue weighted by Gasteiger charge is 2.70. The van der Waals surface area contributed by atoms with E-state index in [9.17, 15) is 29.1 Å². The van der Waals surface area contributed by atoms with Crippen LogP contribution in [0.5, 0.6) is 0 Å². The predicted octanol–water partition coefficient (Wildman–Crippen LogP) is 14.3. The number of aliphatic hydroxyl groups is 1. The van der Waals surface area contributed by atoms with Gasteiger partial charge in [-0.05, 0) is 174 Å². The molecule has 1 N–H and O–H groups in total. The molecule has 11 fully saturated rings. The first kappa shape index (κ1) is 70.6. The lowest BCUT2D eigenvalue weighted by Gasteiger charge is -2.59. The van der Waals surface area contributed by atoms with E-state index in [2.05, 4.69) is 13.8 Å². The average molecular weight is 986 g/mol. The van der Waals surface area contributed by atoms with Gasteiger partial charge < -0.3 is 28.8 Å². The third kappa shape index (κ3) is 12.9. The minimum Gasteiger partial charge on any atom is -0.469 e. The molecule has 1 aliphatic heterocycles. The van der Waals surface area contributed by atoms with Gasteiger partial charge in [0.1, 0.15) is 23.4 Å². The monoisotopic (exact) mass is 985 g/mol. The highest BCUT2D eigenvalue weighted by molar-refractivity contribution is 5.86. The molecular formula is C58H112O11. The van der Waals surface area contributed by atoms with Crippen LogP contribution in [0.1, 0.15) is 232 Å². The molecule has 0 radical (unpaired) electrons. The first-order valence-electron chi connectivity index (χ1n) is 23.6. The third-order valence-corrected chi connectivity index (χ3v) is 17.9. The Bertz CT molecular complexity index is 1650. The lowest BCUT2D eigenvalue weighted by Crippen LogP contribution is -2.61. The second-order valence-corrected chi connectivity index (χ2v) is 23.3. The van der Waals surface area contributed by atoms with Gasteiger partial charge in [0.2, 0.25) is 0 Å². The maximum absolute atomic E-state index is 12.5. The maximum atomic E-state index is 12.5. The smallest absolute Gasteiger partial charge is 0.312 e. The summed E-state index contributed by atoms with van der Waals surface area (Å²) in [7, 11) is 1.31. The summed E-state index contributed by atoms with van der Waals surface area (Å²) in [4.78, 5) is 61.3. The van der Waals surface area contributed by atoms with Gasteiger partial charge in [0.25, 0.3) is 0 Å². The molecule has 1 saturated heterocycles. The second-order valence-electron chi connectivity index (χ2n) is 23.3.